The molecular formula is C10H14O5. The van der Waals surface area contributed by atoms with Crippen LogP contribution in [0.2, 0.25) is 0 Å². The Morgan fingerprint density at radius 3 is 2.13 bits per heavy atom. The summed E-state index contributed by atoms with van der Waals surface area (Å²) in [6, 6.07) is 0. The molecule has 0 heterocycles. The first-order chi connectivity index (χ1) is 6.90. The molecular weight excluding hydrogens is 200 g/mol. The highest BCUT2D eigenvalue weighted by atomic mass is 16.6. The molecule has 0 amide bonds. The highest BCUT2D eigenvalue weighted by molar-refractivity contribution is 6.07. The Morgan fingerprint density at radius 2 is 1.87 bits per heavy atom. The second kappa shape index (κ2) is 5.29. The van der Waals surface area contributed by atoms with Gasteiger partial charge in [-0.2, -0.15) is 0 Å². The van der Waals surface area contributed by atoms with E-state index in [0.29, 0.717) is 0 Å². The number of Topliss-reactive ketones (excluding diaryl/α,β-unsaturated/α-hetero) is 1. The van der Waals surface area contributed by atoms with E-state index in [4.69, 9.17) is 4.74 Å². The standard InChI is InChI=1S/C10H14O5/c1-5-10(7(3)11,15-8(4)12)9(13)14-6-2/h6H,2,5H2,1,3-4H3. The number of hydrogen-bond donors (Lipinski definition) is 0. The van der Waals surface area contributed by atoms with Gasteiger partial charge in [0.25, 0.3) is 5.60 Å². The lowest BCUT2D eigenvalue weighted by molar-refractivity contribution is -0.181. The second-order valence-electron chi connectivity index (χ2n) is 2.90. The number of ether oxygens (including phenoxy) is 2. The van der Waals surface area contributed by atoms with Crippen molar-refractivity contribution < 1.29 is 23.9 Å². The van der Waals surface area contributed by atoms with Crippen molar-refractivity contribution in [3.63, 3.8) is 0 Å². The third kappa shape index (κ3) is 2.90. The van der Waals surface area contributed by atoms with Gasteiger partial charge in [0, 0.05) is 13.3 Å². The van der Waals surface area contributed by atoms with Crippen LogP contribution >= 0.6 is 0 Å². The van der Waals surface area contributed by atoms with E-state index in [1.54, 1.807) is 6.92 Å². The molecule has 1 unspecified atom stereocenters. The van der Waals surface area contributed by atoms with E-state index in [1.807, 2.05) is 0 Å². The third-order valence-corrected chi connectivity index (χ3v) is 1.90. The van der Waals surface area contributed by atoms with Gasteiger partial charge < -0.3 is 9.47 Å². The molecule has 0 rings (SSSR count). The fourth-order valence-corrected chi connectivity index (χ4v) is 1.14. The zero-order chi connectivity index (χ0) is 12.1. The fourth-order valence-electron chi connectivity index (χ4n) is 1.14. The van der Waals surface area contributed by atoms with Crippen molar-refractivity contribution in [2.45, 2.75) is 32.8 Å². The molecule has 0 aliphatic heterocycles. The van der Waals surface area contributed by atoms with Crippen LogP contribution in [0.5, 0.6) is 0 Å². The Balaban J connectivity index is 5.13. The lowest BCUT2D eigenvalue weighted by atomic mass is 9.96. The highest BCUT2D eigenvalue weighted by Crippen LogP contribution is 2.20. The molecule has 0 spiro atoms. The van der Waals surface area contributed by atoms with Crippen LogP contribution in [0.25, 0.3) is 0 Å². The van der Waals surface area contributed by atoms with E-state index in [0.717, 1.165) is 20.1 Å². The van der Waals surface area contributed by atoms with Crippen molar-refractivity contribution in [3.05, 3.63) is 12.8 Å². The van der Waals surface area contributed by atoms with E-state index in [9.17, 15) is 14.4 Å². The minimum Gasteiger partial charge on any atom is -0.439 e. The van der Waals surface area contributed by atoms with Crippen LogP contribution in [-0.2, 0) is 23.9 Å². The molecule has 5 heteroatoms. The van der Waals surface area contributed by atoms with Gasteiger partial charge in [-0.25, -0.2) is 4.79 Å². The normalized spacial score (nSPS) is 13.5. The molecule has 0 fully saturated rings. The van der Waals surface area contributed by atoms with Crippen molar-refractivity contribution in [1.82, 2.24) is 0 Å². The van der Waals surface area contributed by atoms with E-state index in [1.165, 1.54) is 0 Å². The van der Waals surface area contributed by atoms with Crippen molar-refractivity contribution in [3.8, 4) is 0 Å². The van der Waals surface area contributed by atoms with Crippen LogP contribution in [0.3, 0.4) is 0 Å². The summed E-state index contributed by atoms with van der Waals surface area (Å²) in [5.41, 5.74) is -1.85. The van der Waals surface area contributed by atoms with Crippen LogP contribution in [0.1, 0.15) is 27.2 Å². The summed E-state index contributed by atoms with van der Waals surface area (Å²) in [5.74, 6) is -2.22. The van der Waals surface area contributed by atoms with E-state index in [-0.39, 0.29) is 6.42 Å². The number of rotatable bonds is 5. The largest absolute Gasteiger partial charge is 0.439 e. The molecule has 0 aromatic rings. The first kappa shape index (κ1) is 13.4. The predicted octanol–water partition coefficient (Wildman–Crippen LogP) is 0.974. The van der Waals surface area contributed by atoms with Crippen LogP contribution in [0, 0.1) is 0 Å². The highest BCUT2D eigenvalue weighted by Gasteiger charge is 2.46. The SMILES string of the molecule is C=COC(=O)C(CC)(OC(C)=O)C(C)=O. The summed E-state index contributed by atoms with van der Waals surface area (Å²) >= 11 is 0. The molecule has 1 atom stereocenters. The van der Waals surface area contributed by atoms with Gasteiger partial charge in [-0.1, -0.05) is 13.5 Å². The third-order valence-electron chi connectivity index (χ3n) is 1.90. The molecule has 0 saturated carbocycles. The molecule has 0 aliphatic carbocycles. The summed E-state index contributed by atoms with van der Waals surface area (Å²) < 4.78 is 9.24. The summed E-state index contributed by atoms with van der Waals surface area (Å²) in [6.45, 7) is 7.03. The fraction of sp³-hybridized carbons (Fsp3) is 0.500. The van der Waals surface area contributed by atoms with Crippen LogP contribution in [0.15, 0.2) is 12.8 Å². The molecule has 84 valence electrons. The zero-order valence-electron chi connectivity index (χ0n) is 9.03. The minimum atomic E-state index is -1.85. The first-order valence-electron chi connectivity index (χ1n) is 4.43. The maximum atomic E-state index is 11.5. The van der Waals surface area contributed by atoms with E-state index in [2.05, 4.69) is 11.3 Å². The van der Waals surface area contributed by atoms with Crippen LogP contribution in [0.4, 0.5) is 0 Å². The number of carbonyl (C=O) groups is 3. The molecule has 0 aliphatic rings. The maximum absolute atomic E-state index is 11.5. The summed E-state index contributed by atoms with van der Waals surface area (Å²) in [7, 11) is 0. The van der Waals surface area contributed by atoms with Crippen molar-refractivity contribution in [1.29, 1.82) is 0 Å². The number of carbonyl (C=O) groups excluding carboxylic acids is 3. The van der Waals surface area contributed by atoms with Gasteiger partial charge >= 0.3 is 11.9 Å². The zero-order valence-corrected chi connectivity index (χ0v) is 9.03. The van der Waals surface area contributed by atoms with Crippen molar-refractivity contribution in [2.24, 2.45) is 0 Å². The molecule has 0 aromatic carbocycles. The quantitative estimate of drug-likeness (QED) is 0.387. The average molecular weight is 214 g/mol. The Morgan fingerprint density at radius 1 is 1.33 bits per heavy atom. The Kier molecular flexibility index (Phi) is 4.70. The van der Waals surface area contributed by atoms with Crippen LogP contribution in [-0.4, -0.2) is 23.3 Å². The molecule has 0 saturated heterocycles. The lowest BCUT2D eigenvalue weighted by Crippen LogP contribution is -2.49. The second-order valence-corrected chi connectivity index (χ2v) is 2.90. The summed E-state index contributed by atoms with van der Waals surface area (Å²) in [4.78, 5) is 33.6. The van der Waals surface area contributed by atoms with Gasteiger partial charge in [0.15, 0.2) is 5.78 Å². The van der Waals surface area contributed by atoms with Crippen LogP contribution < -0.4 is 0 Å². The van der Waals surface area contributed by atoms with E-state index < -0.39 is 23.3 Å². The Labute approximate surface area is 88.0 Å². The molecule has 0 N–H and O–H groups in total. The van der Waals surface area contributed by atoms with E-state index >= 15 is 0 Å². The van der Waals surface area contributed by atoms with Gasteiger partial charge in [-0.3, -0.25) is 9.59 Å². The Bertz CT molecular complexity index is 294. The topological polar surface area (TPSA) is 69.7 Å². The van der Waals surface area contributed by atoms with Crippen molar-refractivity contribution >= 4 is 17.7 Å². The molecule has 0 radical (unpaired) electrons. The predicted molar refractivity (Wildman–Crippen MR) is 51.8 cm³/mol. The lowest BCUT2D eigenvalue weighted by Gasteiger charge is -2.25. The molecule has 5 nitrogen and oxygen atoms in total. The van der Waals surface area contributed by atoms with Gasteiger partial charge in [-0.15, -0.1) is 0 Å². The Hall–Kier alpha value is -1.65. The smallest absolute Gasteiger partial charge is 0.363 e. The van der Waals surface area contributed by atoms with Crippen molar-refractivity contribution in [2.75, 3.05) is 0 Å². The number of ketones is 1. The average Bonchev–Trinajstić information content (AvgIpc) is 2.13. The first-order valence-corrected chi connectivity index (χ1v) is 4.43. The monoisotopic (exact) mass is 214 g/mol. The molecule has 15 heavy (non-hydrogen) atoms. The minimum absolute atomic E-state index is 0.0224. The molecule has 0 aromatic heterocycles. The number of esters is 2. The van der Waals surface area contributed by atoms with Gasteiger partial charge in [0.05, 0.1) is 6.26 Å². The number of hydrogen-bond acceptors (Lipinski definition) is 5. The molecule has 0 bridgehead atoms. The van der Waals surface area contributed by atoms with Gasteiger partial charge in [0.1, 0.15) is 0 Å². The summed E-state index contributed by atoms with van der Waals surface area (Å²) in [5, 5.41) is 0. The van der Waals surface area contributed by atoms with Gasteiger partial charge in [-0.05, 0) is 6.92 Å². The summed E-state index contributed by atoms with van der Waals surface area (Å²) in [6.07, 6.45) is 0.910. The van der Waals surface area contributed by atoms with Gasteiger partial charge in [0.2, 0.25) is 0 Å². The maximum Gasteiger partial charge on any atom is 0.363 e.